The van der Waals surface area contributed by atoms with Crippen LogP contribution in [-0.4, -0.2) is 23.9 Å². The van der Waals surface area contributed by atoms with E-state index in [0.29, 0.717) is 33.4 Å². The summed E-state index contributed by atoms with van der Waals surface area (Å²) in [7, 11) is 0. The van der Waals surface area contributed by atoms with Gasteiger partial charge in [0.1, 0.15) is 26.4 Å². The van der Waals surface area contributed by atoms with Crippen LogP contribution in [0.15, 0.2) is 218 Å². The summed E-state index contributed by atoms with van der Waals surface area (Å²) in [5.41, 5.74) is 8.00. The minimum Gasteiger partial charge on any atom is -0.457 e. The third-order valence-electron chi connectivity index (χ3n) is 10.6. The first-order valence-electron chi connectivity index (χ1n) is 21.4. The molecule has 0 aliphatic carbocycles. The van der Waals surface area contributed by atoms with Gasteiger partial charge in [0.2, 0.25) is 0 Å². The van der Waals surface area contributed by atoms with E-state index in [1.54, 1.807) is 72.8 Å². The number of carbonyl (C=O) groups excluding carboxylic acids is 4. The largest absolute Gasteiger partial charge is 0.457 e. The summed E-state index contributed by atoms with van der Waals surface area (Å²) < 4.78 is 23.1. The van der Waals surface area contributed by atoms with Crippen molar-refractivity contribution >= 4 is 35.0 Å². The van der Waals surface area contributed by atoms with Crippen LogP contribution in [0.4, 0.5) is 0 Å². The van der Waals surface area contributed by atoms with Crippen molar-refractivity contribution in [3.63, 3.8) is 0 Å². The lowest BCUT2D eigenvalue weighted by Crippen LogP contribution is -2.09. The third kappa shape index (κ3) is 11.5. The molecule has 0 saturated carbocycles. The van der Waals surface area contributed by atoms with E-state index in [1.165, 1.54) is 0 Å². The zero-order chi connectivity index (χ0) is 45.5. The predicted molar refractivity (Wildman–Crippen MR) is 253 cm³/mol. The minimum absolute atomic E-state index is 0.0747. The van der Waals surface area contributed by atoms with Gasteiger partial charge >= 0.3 is 23.9 Å². The molecule has 0 bridgehead atoms. The van der Waals surface area contributed by atoms with Gasteiger partial charge in [-0.25, -0.2) is 19.2 Å². The second kappa shape index (κ2) is 21.6. The summed E-state index contributed by atoms with van der Waals surface area (Å²) in [5.74, 6) is -2.14. The Kier molecular flexibility index (Phi) is 14.4. The highest BCUT2D eigenvalue weighted by Gasteiger charge is 2.22. The van der Waals surface area contributed by atoms with Gasteiger partial charge in [0.15, 0.2) is 0 Å². The summed E-state index contributed by atoms with van der Waals surface area (Å²) in [4.78, 5) is 54.9. The highest BCUT2D eigenvalue weighted by molar-refractivity contribution is 6.07. The lowest BCUT2D eigenvalue weighted by molar-refractivity contribution is 0.0464. The van der Waals surface area contributed by atoms with Crippen LogP contribution in [-0.2, 0) is 45.4 Å². The quantitative estimate of drug-likeness (QED) is 0.0537. The summed E-state index contributed by atoms with van der Waals surface area (Å²) in [6.07, 6.45) is 0. The van der Waals surface area contributed by atoms with Crippen LogP contribution in [0.3, 0.4) is 0 Å². The van der Waals surface area contributed by atoms with Crippen molar-refractivity contribution in [1.82, 2.24) is 0 Å². The first-order chi connectivity index (χ1) is 32.4. The lowest BCUT2D eigenvalue weighted by atomic mass is 9.84. The second-order valence-electron chi connectivity index (χ2n) is 15.3. The Morgan fingerprint density at radius 1 is 0.242 bits per heavy atom. The molecule has 0 saturated heterocycles. The van der Waals surface area contributed by atoms with E-state index in [2.05, 4.69) is 0 Å². The zero-order valence-electron chi connectivity index (χ0n) is 35.9. The molecule has 0 aromatic heterocycles. The van der Waals surface area contributed by atoms with Crippen LogP contribution in [0.1, 0.15) is 85.9 Å². The number of hydrogen-bond donors (Lipinski definition) is 0. The number of ether oxygens (including phenoxy) is 4. The molecule has 8 nitrogen and oxygen atoms in total. The molecule has 8 heteroatoms. The number of benzene rings is 8. The van der Waals surface area contributed by atoms with Gasteiger partial charge < -0.3 is 18.9 Å². The summed E-state index contributed by atoms with van der Waals surface area (Å²) in [5, 5.41) is 0. The van der Waals surface area contributed by atoms with Crippen molar-refractivity contribution in [2.75, 3.05) is 0 Å². The van der Waals surface area contributed by atoms with Gasteiger partial charge in [0, 0.05) is 0 Å². The van der Waals surface area contributed by atoms with Crippen molar-refractivity contribution in [3.8, 4) is 0 Å². The molecule has 0 aliphatic rings. The molecule has 0 atom stereocenters. The fourth-order valence-electron chi connectivity index (χ4n) is 7.34. The highest BCUT2D eigenvalue weighted by Crippen LogP contribution is 2.38. The van der Waals surface area contributed by atoms with Gasteiger partial charge in [0.05, 0.1) is 22.3 Å². The number of rotatable bonds is 16. The van der Waals surface area contributed by atoms with Crippen molar-refractivity contribution in [1.29, 1.82) is 0 Å². The summed E-state index contributed by atoms with van der Waals surface area (Å²) in [6, 6.07) is 65.8. The summed E-state index contributed by atoms with van der Waals surface area (Å²) in [6.45, 7) is 0.299. The number of carbonyl (C=O) groups is 4. The van der Waals surface area contributed by atoms with E-state index in [4.69, 9.17) is 18.9 Å². The normalized spacial score (nSPS) is 10.6. The van der Waals surface area contributed by atoms with Crippen LogP contribution in [0.5, 0.6) is 0 Å². The summed E-state index contributed by atoms with van der Waals surface area (Å²) >= 11 is 0. The average Bonchev–Trinajstić information content (AvgIpc) is 3.38. The smallest absolute Gasteiger partial charge is 0.338 e. The van der Waals surface area contributed by atoms with Gasteiger partial charge in [0.25, 0.3) is 0 Å². The number of esters is 4. The monoisotopic (exact) mass is 868 g/mol. The van der Waals surface area contributed by atoms with Gasteiger partial charge in [-0.05, 0) is 104 Å². The molecule has 8 aromatic carbocycles. The Balaban J connectivity index is 1.27. The van der Waals surface area contributed by atoms with Gasteiger partial charge in [-0.3, -0.25) is 0 Å². The molecule has 0 fully saturated rings. The van der Waals surface area contributed by atoms with Crippen LogP contribution in [0.2, 0.25) is 0 Å². The Bertz CT molecular complexity index is 2570. The van der Waals surface area contributed by atoms with Gasteiger partial charge in [-0.2, -0.15) is 0 Å². The van der Waals surface area contributed by atoms with E-state index in [0.717, 1.165) is 22.3 Å². The zero-order valence-corrected chi connectivity index (χ0v) is 35.9. The van der Waals surface area contributed by atoms with E-state index >= 15 is 0 Å². The maximum atomic E-state index is 13.7. The molecular weight excluding hydrogens is 825 g/mol. The van der Waals surface area contributed by atoms with Crippen molar-refractivity contribution in [2.45, 2.75) is 26.4 Å². The van der Waals surface area contributed by atoms with Crippen LogP contribution in [0.25, 0.3) is 11.1 Å². The molecule has 0 heterocycles. The standard InChI is InChI=1S/C58H44O8/c59-55(63-37-41-17-5-1-6-18-41)49-29-13-25-45(33-49)53(46-26-14-30-50(34-46)56(60)64-38-42-19-7-2-8-20-42)54(47-27-15-31-51(35-47)57(61)65-39-43-21-9-3-10-22-43)48-28-16-32-52(36-48)58(62)66-40-44-23-11-4-12-24-44/h1-36H,37-40H2. The molecule has 0 amide bonds. The predicted octanol–water partition coefficient (Wildman–Crippen LogP) is 12.1. The Morgan fingerprint density at radius 2 is 0.439 bits per heavy atom. The molecule has 66 heavy (non-hydrogen) atoms. The molecule has 0 aliphatic heterocycles. The van der Waals surface area contributed by atoms with E-state index in [-0.39, 0.29) is 48.7 Å². The Hall–Kier alpha value is -8.62. The minimum atomic E-state index is -0.536. The Labute approximate surface area is 383 Å². The highest BCUT2D eigenvalue weighted by atomic mass is 16.5. The van der Waals surface area contributed by atoms with Crippen LogP contribution >= 0.6 is 0 Å². The molecular formula is C58H44O8. The second-order valence-corrected chi connectivity index (χ2v) is 15.3. The van der Waals surface area contributed by atoms with Crippen molar-refractivity contribution in [3.05, 3.63) is 285 Å². The van der Waals surface area contributed by atoms with Crippen LogP contribution in [0, 0.1) is 0 Å². The molecule has 8 aromatic rings. The third-order valence-corrected chi connectivity index (χ3v) is 10.6. The molecule has 0 unspecified atom stereocenters. The van der Waals surface area contributed by atoms with Crippen LogP contribution < -0.4 is 0 Å². The maximum absolute atomic E-state index is 13.7. The SMILES string of the molecule is O=C(OCc1ccccc1)c1cccc(C(=C(c2cccc(C(=O)OCc3ccccc3)c2)c2cccc(C(=O)OCc3ccccc3)c2)c2cccc(C(=O)OCc3ccccc3)c2)c1. The van der Waals surface area contributed by atoms with Crippen molar-refractivity contribution in [2.24, 2.45) is 0 Å². The molecule has 0 spiro atoms. The first-order valence-corrected chi connectivity index (χ1v) is 21.4. The average molecular weight is 869 g/mol. The maximum Gasteiger partial charge on any atom is 0.338 e. The van der Waals surface area contributed by atoms with Gasteiger partial charge in [-0.1, -0.05) is 170 Å². The van der Waals surface area contributed by atoms with E-state index < -0.39 is 23.9 Å². The van der Waals surface area contributed by atoms with E-state index in [1.807, 2.05) is 146 Å². The topological polar surface area (TPSA) is 105 Å². The Morgan fingerprint density at radius 3 is 0.652 bits per heavy atom. The van der Waals surface area contributed by atoms with Gasteiger partial charge in [-0.15, -0.1) is 0 Å². The molecule has 8 rings (SSSR count). The fourth-order valence-corrected chi connectivity index (χ4v) is 7.34. The molecule has 0 N–H and O–H groups in total. The fraction of sp³-hybridized carbons (Fsp3) is 0.0690. The number of hydrogen-bond acceptors (Lipinski definition) is 8. The molecule has 0 radical (unpaired) electrons. The first kappa shape index (κ1) is 44.0. The van der Waals surface area contributed by atoms with E-state index in [9.17, 15) is 19.2 Å². The lowest BCUT2D eigenvalue weighted by Gasteiger charge is -2.20. The van der Waals surface area contributed by atoms with Crippen molar-refractivity contribution < 1.29 is 38.1 Å². The molecule has 324 valence electrons.